The topological polar surface area (TPSA) is 32.5 Å². The molecular formula is C19H25N3. The predicted molar refractivity (Wildman–Crippen MR) is 91.8 cm³/mol. The molecule has 0 atom stereocenters. The summed E-state index contributed by atoms with van der Waals surface area (Å²) in [5, 5.41) is 0. The van der Waals surface area contributed by atoms with Gasteiger partial charge in [-0.05, 0) is 18.2 Å². The Morgan fingerprint density at radius 3 is 1.95 bits per heavy atom. The van der Waals surface area contributed by atoms with E-state index in [1.807, 2.05) is 0 Å². The predicted octanol–water partition coefficient (Wildman–Crippen LogP) is 2.14. The van der Waals surface area contributed by atoms with Gasteiger partial charge < -0.3 is 5.73 Å². The van der Waals surface area contributed by atoms with Crippen molar-refractivity contribution < 1.29 is 0 Å². The van der Waals surface area contributed by atoms with Gasteiger partial charge in [0.15, 0.2) is 0 Å². The molecule has 116 valence electrons. The lowest BCUT2D eigenvalue weighted by Crippen LogP contribution is -2.59. The van der Waals surface area contributed by atoms with Gasteiger partial charge in [-0.1, -0.05) is 60.7 Å². The van der Waals surface area contributed by atoms with Crippen LogP contribution < -0.4 is 5.73 Å². The molecule has 1 heterocycles. The second-order valence-electron chi connectivity index (χ2n) is 6.08. The van der Waals surface area contributed by atoms with E-state index < -0.39 is 0 Å². The molecule has 1 saturated heterocycles. The van der Waals surface area contributed by atoms with E-state index in [0.29, 0.717) is 6.54 Å². The van der Waals surface area contributed by atoms with Crippen LogP contribution in [0.1, 0.15) is 11.1 Å². The molecule has 3 nitrogen and oxygen atoms in total. The van der Waals surface area contributed by atoms with Crippen LogP contribution in [-0.4, -0.2) is 49.6 Å². The normalized spacial score (nSPS) is 19.2. The maximum Gasteiger partial charge on any atom is 0.0842 e. The highest BCUT2D eigenvalue weighted by atomic mass is 15.3. The average molecular weight is 295 g/mol. The molecule has 2 N–H and O–H groups in total. The molecule has 2 aromatic carbocycles. The molecule has 2 aromatic rings. The summed E-state index contributed by atoms with van der Waals surface area (Å²) < 4.78 is 0. The molecule has 0 unspecified atom stereocenters. The van der Waals surface area contributed by atoms with Crippen LogP contribution in [0.15, 0.2) is 60.7 Å². The first kappa shape index (κ1) is 15.2. The van der Waals surface area contributed by atoms with Gasteiger partial charge in [-0.15, -0.1) is 0 Å². The molecule has 0 aromatic heterocycles. The quantitative estimate of drug-likeness (QED) is 0.938. The maximum atomic E-state index is 5.80. The number of hydrogen-bond donors (Lipinski definition) is 1. The molecule has 3 heteroatoms. The number of benzene rings is 2. The summed E-state index contributed by atoms with van der Waals surface area (Å²) >= 11 is 0. The van der Waals surface area contributed by atoms with Crippen molar-refractivity contribution in [2.24, 2.45) is 5.73 Å². The van der Waals surface area contributed by atoms with Gasteiger partial charge >= 0.3 is 0 Å². The minimum Gasteiger partial charge on any atom is -0.329 e. The van der Waals surface area contributed by atoms with Crippen molar-refractivity contribution in [2.45, 2.75) is 5.54 Å². The molecule has 0 bridgehead atoms. The van der Waals surface area contributed by atoms with Gasteiger partial charge in [-0.3, -0.25) is 9.80 Å². The summed E-state index contributed by atoms with van der Waals surface area (Å²) in [6.07, 6.45) is 0. The lowest BCUT2D eigenvalue weighted by molar-refractivity contribution is 0.0415. The smallest absolute Gasteiger partial charge is 0.0842 e. The molecule has 0 aliphatic carbocycles. The summed E-state index contributed by atoms with van der Waals surface area (Å²) in [4.78, 5) is 4.98. The fourth-order valence-electron chi connectivity index (χ4n) is 3.60. The van der Waals surface area contributed by atoms with Crippen molar-refractivity contribution in [3.05, 3.63) is 71.8 Å². The van der Waals surface area contributed by atoms with Gasteiger partial charge in [-0.25, -0.2) is 0 Å². The molecule has 1 fully saturated rings. The number of nitrogens with two attached hydrogens (primary N) is 1. The number of piperazine rings is 1. The van der Waals surface area contributed by atoms with Crippen LogP contribution in [0.25, 0.3) is 0 Å². The third kappa shape index (κ3) is 2.68. The molecule has 0 radical (unpaired) electrons. The molecule has 0 amide bonds. The summed E-state index contributed by atoms with van der Waals surface area (Å²) in [6.45, 7) is 4.77. The van der Waals surface area contributed by atoms with E-state index in [2.05, 4.69) is 77.5 Å². The summed E-state index contributed by atoms with van der Waals surface area (Å²) in [6, 6.07) is 21.7. The van der Waals surface area contributed by atoms with Crippen molar-refractivity contribution in [1.29, 1.82) is 0 Å². The Hall–Kier alpha value is -1.68. The number of likely N-dealkylation sites (N-methyl/N-ethyl adjacent to an activating group) is 1. The Kier molecular flexibility index (Phi) is 4.57. The highest BCUT2D eigenvalue weighted by molar-refractivity contribution is 5.39. The minimum atomic E-state index is -0.101. The van der Waals surface area contributed by atoms with Crippen molar-refractivity contribution in [3.8, 4) is 0 Å². The summed E-state index contributed by atoms with van der Waals surface area (Å²) in [7, 11) is 2.24. The van der Waals surface area contributed by atoms with Crippen molar-refractivity contribution in [3.63, 3.8) is 0 Å². The number of nitrogens with zero attached hydrogens (tertiary/aromatic N) is 2. The van der Waals surface area contributed by atoms with Gasteiger partial charge in [0.05, 0.1) is 5.54 Å². The molecule has 3 rings (SSSR count). The highest BCUT2D eigenvalue weighted by Gasteiger charge is 2.42. The van der Waals surface area contributed by atoms with Crippen LogP contribution in [0.5, 0.6) is 0 Å². The first-order valence-corrected chi connectivity index (χ1v) is 8.02. The van der Waals surface area contributed by atoms with E-state index in [9.17, 15) is 0 Å². The van der Waals surface area contributed by atoms with E-state index >= 15 is 0 Å². The summed E-state index contributed by atoms with van der Waals surface area (Å²) in [5.41, 5.74) is 8.41. The maximum absolute atomic E-state index is 5.80. The van der Waals surface area contributed by atoms with E-state index in [1.165, 1.54) is 11.1 Å². The fourth-order valence-corrected chi connectivity index (χ4v) is 3.60. The largest absolute Gasteiger partial charge is 0.329 e. The number of hydrogen-bond acceptors (Lipinski definition) is 3. The second kappa shape index (κ2) is 6.61. The standard InChI is InChI=1S/C19H25N3/c1-21-14-15-22(13-12-20)16-19(21,17-8-4-2-5-9-17)18-10-6-3-7-11-18/h2-11H,12-16,20H2,1H3. The zero-order valence-electron chi connectivity index (χ0n) is 13.3. The zero-order valence-corrected chi connectivity index (χ0v) is 13.3. The second-order valence-corrected chi connectivity index (χ2v) is 6.08. The molecule has 0 spiro atoms. The van der Waals surface area contributed by atoms with Gasteiger partial charge in [0.2, 0.25) is 0 Å². The summed E-state index contributed by atoms with van der Waals surface area (Å²) in [5.74, 6) is 0. The van der Waals surface area contributed by atoms with E-state index in [1.54, 1.807) is 0 Å². The molecule has 22 heavy (non-hydrogen) atoms. The van der Waals surface area contributed by atoms with Crippen molar-refractivity contribution >= 4 is 0 Å². The Labute approximate surface area is 133 Å². The third-order valence-corrected chi connectivity index (χ3v) is 4.80. The van der Waals surface area contributed by atoms with E-state index in [-0.39, 0.29) is 5.54 Å². The minimum absolute atomic E-state index is 0.101. The van der Waals surface area contributed by atoms with Crippen molar-refractivity contribution in [1.82, 2.24) is 9.80 Å². The van der Waals surface area contributed by atoms with Crippen molar-refractivity contribution in [2.75, 3.05) is 39.8 Å². The van der Waals surface area contributed by atoms with Gasteiger partial charge in [0, 0.05) is 32.7 Å². The first-order valence-electron chi connectivity index (χ1n) is 8.02. The molecule has 0 saturated carbocycles. The molecule has 1 aliphatic rings. The van der Waals surface area contributed by atoms with Crippen LogP contribution in [-0.2, 0) is 5.54 Å². The lowest BCUT2D eigenvalue weighted by atomic mass is 9.79. The fraction of sp³-hybridized carbons (Fsp3) is 0.368. The van der Waals surface area contributed by atoms with Gasteiger partial charge in [-0.2, -0.15) is 0 Å². The third-order valence-electron chi connectivity index (χ3n) is 4.80. The van der Waals surface area contributed by atoms with Gasteiger partial charge in [0.1, 0.15) is 0 Å². The van der Waals surface area contributed by atoms with Crippen LogP contribution >= 0.6 is 0 Å². The van der Waals surface area contributed by atoms with Crippen LogP contribution in [0.3, 0.4) is 0 Å². The average Bonchev–Trinajstić information content (AvgIpc) is 2.58. The molecule has 1 aliphatic heterocycles. The number of rotatable bonds is 4. The van der Waals surface area contributed by atoms with E-state index in [4.69, 9.17) is 5.73 Å². The van der Waals surface area contributed by atoms with E-state index in [0.717, 1.165) is 26.2 Å². The van der Waals surface area contributed by atoms with Crippen LogP contribution in [0.2, 0.25) is 0 Å². The highest BCUT2D eigenvalue weighted by Crippen LogP contribution is 2.37. The molecular weight excluding hydrogens is 270 g/mol. The SMILES string of the molecule is CN1CCN(CCN)CC1(c1ccccc1)c1ccccc1. The Morgan fingerprint density at radius 2 is 1.45 bits per heavy atom. The Morgan fingerprint density at radius 1 is 0.909 bits per heavy atom. The lowest BCUT2D eigenvalue weighted by Gasteiger charge is -2.50. The first-order chi connectivity index (χ1) is 10.8. The van der Waals surface area contributed by atoms with Crippen LogP contribution in [0.4, 0.5) is 0 Å². The monoisotopic (exact) mass is 295 g/mol. The van der Waals surface area contributed by atoms with Gasteiger partial charge in [0.25, 0.3) is 0 Å². The Bertz CT molecular complexity index is 543. The van der Waals surface area contributed by atoms with Crippen LogP contribution in [0, 0.1) is 0 Å². The Balaban J connectivity index is 2.10. The zero-order chi connectivity index (χ0) is 15.4.